The summed E-state index contributed by atoms with van der Waals surface area (Å²) in [7, 11) is 3.08. The molecule has 1 heterocycles. The zero-order valence-electron chi connectivity index (χ0n) is 15.4. The van der Waals surface area contributed by atoms with Gasteiger partial charge in [-0.1, -0.05) is 6.07 Å². The lowest BCUT2D eigenvalue weighted by atomic mass is 10.1. The first-order chi connectivity index (χ1) is 13.3. The van der Waals surface area contributed by atoms with Crippen molar-refractivity contribution < 1.29 is 24.2 Å². The SMILES string of the molecule is COc1cc(/C=C2\C(=O)N(c3cccc(C(=O)O)c3)N=C2C)cc(Br)c1OC. The first-order valence-electron chi connectivity index (χ1n) is 8.22. The van der Waals surface area contributed by atoms with Crippen LogP contribution in [0.4, 0.5) is 5.69 Å². The van der Waals surface area contributed by atoms with Crippen LogP contribution in [0.2, 0.25) is 0 Å². The van der Waals surface area contributed by atoms with E-state index in [1.807, 2.05) is 6.07 Å². The van der Waals surface area contributed by atoms with Crippen LogP contribution < -0.4 is 14.5 Å². The van der Waals surface area contributed by atoms with Crippen molar-refractivity contribution >= 4 is 45.3 Å². The van der Waals surface area contributed by atoms with E-state index in [0.29, 0.717) is 32.9 Å². The molecule has 1 N–H and O–H groups in total. The molecule has 1 aliphatic rings. The predicted octanol–water partition coefficient (Wildman–Crippen LogP) is 3.97. The standard InChI is InChI=1S/C20H17BrN2O5/c1-11-15(7-12-8-16(21)18(28-3)17(9-12)27-2)19(24)23(22-11)14-6-4-5-13(10-14)20(25)26/h4-10H,1-3H3,(H,25,26)/b15-7-. The van der Waals surface area contributed by atoms with Crippen LogP contribution in [0.25, 0.3) is 6.08 Å². The number of ether oxygens (including phenoxy) is 2. The zero-order valence-corrected chi connectivity index (χ0v) is 17.0. The van der Waals surface area contributed by atoms with E-state index in [0.717, 1.165) is 5.56 Å². The fourth-order valence-corrected chi connectivity index (χ4v) is 3.44. The highest BCUT2D eigenvalue weighted by Gasteiger charge is 2.29. The van der Waals surface area contributed by atoms with Crippen LogP contribution in [0.5, 0.6) is 11.5 Å². The molecule has 2 aromatic rings. The Morgan fingerprint density at radius 3 is 2.61 bits per heavy atom. The quantitative estimate of drug-likeness (QED) is 0.704. The highest BCUT2D eigenvalue weighted by atomic mass is 79.9. The van der Waals surface area contributed by atoms with Crippen molar-refractivity contribution in [3.63, 3.8) is 0 Å². The molecular formula is C20H17BrN2O5. The number of halogens is 1. The van der Waals surface area contributed by atoms with E-state index in [1.54, 1.807) is 38.3 Å². The molecular weight excluding hydrogens is 428 g/mol. The number of nitrogens with zero attached hydrogens (tertiary/aromatic N) is 2. The van der Waals surface area contributed by atoms with Crippen molar-refractivity contribution in [2.24, 2.45) is 5.10 Å². The summed E-state index contributed by atoms with van der Waals surface area (Å²) in [4.78, 5) is 24.1. The van der Waals surface area contributed by atoms with Gasteiger partial charge in [0, 0.05) is 0 Å². The van der Waals surface area contributed by atoms with Crippen LogP contribution in [0.1, 0.15) is 22.8 Å². The number of hydrogen-bond donors (Lipinski definition) is 1. The second-order valence-electron chi connectivity index (χ2n) is 5.95. The van der Waals surface area contributed by atoms with Crippen LogP contribution in [0, 0.1) is 0 Å². The van der Waals surface area contributed by atoms with E-state index in [-0.39, 0.29) is 11.5 Å². The summed E-state index contributed by atoms with van der Waals surface area (Å²) >= 11 is 3.43. The van der Waals surface area contributed by atoms with Crippen molar-refractivity contribution in [2.75, 3.05) is 19.2 Å². The molecule has 2 aromatic carbocycles. The first kappa shape index (κ1) is 19.6. The third-order valence-electron chi connectivity index (χ3n) is 4.17. The Bertz CT molecular complexity index is 1030. The summed E-state index contributed by atoms with van der Waals surface area (Å²) in [6.07, 6.45) is 1.70. The van der Waals surface area contributed by atoms with E-state index in [4.69, 9.17) is 14.6 Å². The molecule has 0 saturated heterocycles. The highest BCUT2D eigenvalue weighted by Crippen LogP contribution is 2.37. The molecule has 1 amide bonds. The van der Waals surface area contributed by atoms with Crippen LogP contribution in [0.15, 0.2) is 51.5 Å². The number of carboxylic acid groups (broad SMARTS) is 1. The minimum atomic E-state index is -1.07. The largest absolute Gasteiger partial charge is 0.493 e. The van der Waals surface area contributed by atoms with Gasteiger partial charge in [0.25, 0.3) is 5.91 Å². The molecule has 0 atom stereocenters. The number of rotatable bonds is 5. The maximum atomic E-state index is 12.9. The van der Waals surface area contributed by atoms with E-state index in [1.165, 1.54) is 24.3 Å². The first-order valence-corrected chi connectivity index (χ1v) is 9.01. The van der Waals surface area contributed by atoms with Gasteiger partial charge in [-0.3, -0.25) is 4.79 Å². The van der Waals surface area contributed by atoms with Gasteiger partial charge in [0.2, 0.25) is 0 Å². The molecule has 0 aromatic heterocycles. The van der Waals surface area contributed by atoms with Gasteiger partial charge in [0.05, 0.1) is 41.2 Å². The second kappa shape index (κ2) is 7.85. The van der Waals surface area contributed by atoms with Gasteiger partial charge >= 0.3 is 5.97 Å². The molecule has 7 nitrogen and oxygen atoms in total. The maximum Gasteiger partial charge on any atom is 0.335 e. The Kier molecular flexibility index (Phi) is 5.51. The number of anilines is 1. The number of hydrazone groups is 1. The van der Waals surface area contributed by atoms with E-state index in [2.05, 4.69) is 21.0 Å². The number of benzene rings is 2. The fourth-order valence-electron chi connectivity index (χ4n) is 2.82. The lowest BCUT2D eigenvalue weighted by molar-refractivity contribution is -0.114. The molecule has 3 rings (SSSR count). The molecule has 28 heavy (non-hydrogen) atoms. The Balaban J connectivity index is 1.98. The number of amides is 1. The summed E-state index contributed by atoms with van der Waals surface area (Å²) in [6.45, 7) is 1.72. The molecule has 0 unspecified atom stereocenters. The molecule has 0 aliphatic carbocycles. The number of aromatic carboxylic acids is 1. The van der Waals surface area contributed by atoms with Gasteiger partial charge in [-0.25, -0.2) is 4.79 Å². The summed E-state index contributed by atoms with van der Waals surface area (Å²) in [5.74, 6) is -0.333. The van der Waals surface area contributed by atoms with Crippen LogP contribution in [0.3, 0.4) is 0 Å². The molecule has 144 valence electrons. The monoisotopic (exact) mass is 444 g/mol. The van der Waals surface area contributed by atoms with Gasteiger partial charge < -0.3 is 14.6 Å². The lowest BCUT2D eigenvalue weighted by Crippen LogP contribution is -2.21. The molecule has 0 radical (unpaired) electrons. The Morgan fingerprint density at radius 2 is 1.96 bits per heavy atom. The maximum absolute atomic E-state index is 12.9. The molecule has 8 heteroatoms. The number of methoxy groups -OCH3 is 2. The van der Waals surface area contributed by atoms with Crippen LogP contribution >= 0.6 is 15.9 Å². The predicted molar refractivity (Wildman–Crippen MR) is 109 cm³/mol. The Hall–Kier alpha value is -3.13. The second-order valence-corrected chi connectivity index (χ2v) is 6.81. The Morgan fingerprint density at radius 1 is 1.21 bits per heavy atom. The average Bonchev–Trinajstić information content (AvgIpc) is 2.95. The molecule has 0 saturated carbocycles. The Labute approximate surface area is 170 Å². The van der Waals surface area contributed by atoms with Gasteiger partial charge in [0.15, 0.2) is 11.5 Å². The van der Waals surface area contributed by atoms with E-state index < -0.39 is 5.97 Å². The minimum Gasteiger partial charge on any atom is -0.493 e. The molecule has 0 fully saturated rings. The van der Waals surface area contributed by atoms with Crippen molar-refractivity contribution in [1.82, 2.24) is 0 Å². The minimum absolute atomic E-state index is 0.0828. The number of carbonyl (C=O) groups is 2. The normalized spacial score (nSPS) is 15.0. The third kappa shape index (κ3) is 3.63. The fraction of sp³-hybridized carbons (Fsp3) is 0.150. The summed E-state index contributed by atoms with van der Waals surface area (Å²) < 4.78 is 11.3. The average molecular weight is 445 g/mol. The van der Waals surface area contributed by atoms with E-state index >= 15 is 0 Å². The van der Waals surface area contributed by atoms with E-state index in [9.17, 15) is 9.59 Å². The molecule has 1 aliphatic heterocycles. The number of hydrogen-bond acceptors (Lipinski definition) is 5. The third-order valence-corrected chi connectivity index (χ3v) is 4.76. The lowest BCUT2D eigenvalue weighted by Gasteiger charge is -2.12. The highest BCUT2D eigenvalue weighted by molar-refractivity contribution is 9.10. The topological polar surface area (TPSA) is 88.4 Å². The zero-order chi connectivity index (χ0) is 20.4. The molecule has 0 bridgehead atoms. The summed E-state index contributed by atoms with van der Waals surface area (Å²) in [6, 6.07) is 9.64. The van der Waals surface area contributed by atoms with Crippen LogP contribution in [-0.2, 0) is 4.79 Å². The van der Waals surface area contributed by atoms with Crippen molar-refractivity contribution in [1.29, 1.82) is 0 Å². The van der Waals surface area contributed by atoms with Gasteiger partial charge in [0.1, 0.15) is 0 Å². The number of carbonyl (C=O) groups excluding carboxylic acids is 1. The van der Waals surface area contributed by atoms with Crippen LogP contribution in [-0.4, -0.2) is 36.9 Å². The van der Waals surface area contributed by atoms with Gasteiger partial charge in [-0.2, -0.15) is 10.1 Å². The van der Waals surface area contributed by atoms with Crippen molar-refractivity contribution in [2.45, 2.75) is 6.92 Å². The molecule has 0 spiro atoms. The van der Waals surface area contributed by atoms with Crippen molar-refractivity contribution in [3.05, 3.63) is 57.6 Å². The summed E-state index contributed by atoms with van der Waals surface area (Å²) in [5.41, 5.74) is 2.13. The van der Waals surface area contributed by atoms with Crippen molar-refractivity contribution in [3.8, 4) is 11.5 Å². The smallest absolute Gasteiger partial charge is 0.335 e. The van der Waals surface area contributed by atoms with Gasteiger partial charge in [-0.15, -0.1) is 0 Å². The van der Waals surface area contributed by atoms with Gasteiger partial charge in [-0.05, 0) is 64.8 Å². The number of carboxylic acids is 1. The summed E-state index contributed by atoms with van der Waals surface area (Å²) in [5, 5.41) is 14.6.